The summed E-state index contributed by atoms with van der Waals surface area (Å²) >= 11 is 0. The van der Waals surface area contributed by atoms with Crippen molar-refractivity contribution in [2.45, 2.75) is 6.04 Å². The molecule has 0 aromatic heterocycles. The molecule has 0 bridgehead atoms. The molecule has 5 nitrogen and oxygen atoms in total. The van der Waals surface area contributed by atoms with Crippen molar-refractivity contribution in [2.24, 2.45) is 5.84 Å². The Morgan fingerprint density at radius 2 is 2.11 bits per heavy atom. The Labute approximate surface area is 106 Å². The lowest BCUT2D eigenvalue weighted by atomic mass is 10.1. The summed E-state index contributed by atoms with van der Waals surface area (Å²) in [4.78, 5) is 0. The Bertz CT molecular complexity index is 363. The Morgan fingerprint density at radius 3 is 2.72 bits per heavy atom. The van der Waals surface area contributed by atoms with Crippen LogP contribution in [0.2, 0.25) is 0 Å². The van der Waals surface area contributed by atoms with Gasteiger partial charge in [-0.25, -0.2) is 4.39 Å². The highest BCUT2D eigenvalue weighted by molar-refractivity contribution is 5.33. The van der Waals surface area contributed by atoms with Crippen LogP contribution in [0.1, 0.15) is 11.6 Å². The lowest BCUT2D eigenvalue weighted by Gasteiger charge is -2.18. The Morgan fingerprint density at radius 1 is 1.33 bits per heavy atom. The van der Waals surface area contributed by atoms with Gasteiger partial charge < -0.3 is 14.2 Å². The maximum atomic E-state index is 14.0. The normalized spacial score (nSPS) is 12.4. The Kier molecular flexibility index (Phi) is 6.59. The van der Waals surface area contributed by atoms with Gasteiger partial charge in [0.1, 0.15) is 0 Å². The number of methoxy groups -OCH3 is 2. The van der Waals surface area contributed by atoms with E-state index in [1.54, 1.807) is 25.3 Å². The van der Waals surface area contributed by atoms with Crippen LogP contribution >= 0.6 is 0 Å². The van der Waals surface area contributed by atoms with E-state index in [4.69, 9.17) is 20.1 Å². The van der Waals surface area contributed by atoms with Gasteiger partial charge in [0.15, 0.2) is 11.6 Å². The summed E-state index contributed by atoms with van der Waals surface area (Å²) < 4.78 is 29.1. The van der Waals surface area contributed by atoms with Crippen molar-refractivity contribution < 1.29 is 18.6 Å². The highest BCUT2D eigenvalue weighted by Crippen LogP contribution is 2.24. The molecule has 0 aliphatic rings. The van der Waals surface area contributed by atoms with Crippen molar-refractivity contribution in [3.8, 4) is 5.75 Å². The number of hydrazine groups is 1. The predicted molar refractivity (Wildman–Crippen MR) is 65.7 cm³/mol. The van der Waals surface area contributed by atoms with Crippen molar-refractivity contribution in [3.63, 3.8) is 0 Å². The number of hydrogen-bond donors (Lipinski definition) is 2. The van der Waals surface area contributed by atoms with Crippen LogP contribution in [0.4, 0.5) is 4.39 Å². The van der Waals surface area contributed by atoms with Gasteiger partial charge in [-0.3, -0.25) is 11.3 Å². The van der Waals surface area contributed by atoms with Crippen LogP contribution in [0.3, 0.4) is 0 Å². The van der Waals surface area contributed by atoms with E-state index in [9.17, 15) is 4.39 Å². The third kappa shape index (κ3) is 3.92. The zero-order valence-corrected chi connectivity index (χ0v) is 10.6. The monoisotopic (exact) mass is 258 g/mol. The van der Waals surface area contributed by atoms with Gasteiger partial charge in [0.25, 0.3) is 0 Å². The molecule has 1 rings (SSSR count). The van der Waals surface area contributed by atoms with Crippen molar-refractivity contribution in [1.29, 1.82) is 0 Å². The molecule has 3 N–H and O–H groups in total. The van der Waals surface area contributed by atoms with Crippen LogP contribution in [0.5, 0.6) is 5.75 Å². The average Bonchev–Trinajstić information content (AvgIpc) is 2.40. The van der Waals surface area contributed by atoms with Gasteiger partial charge in [-0.05, 0) is 6.07 Å². The lowest BCUT2D eigenvalue weighted by molar-refractivity contribution is 0.0580. The van der Waals surface area contributed by atoms with Crippen LogP contribution < -0.4 is 16.0 Å². The summed E-state index contributed by atoms with van der Waals surface area (Å²) in [6.07, 6.45) is 0. The number of rotatable bonds is 8. The molecule has 1 atom stereocenters. The van der Waals surface area contributed by atoms with Crippen LogP contribution in [0.15, 0.2) is 18.2 Å². The fourth-order valence-electron chi connectivity index (χ4n) is 1.53. The first kappa shape index (κ1) is 14.8. The zero-order chi connectivity index (χ0) is 13.4. The molecule has 1 aromatic rings. The van der Waals surface area contributed by atoms with Gasteiger partial charge in [0, 0.05) is 12.7 Å². The molecule has 1 aromatic carbocycles. The number of hydrogen-bond acceptors (Lipinski definition) is 5. The highest BCUT2D eigenvalue weighted by atomic mass is 19.1. The van der Waals surface area contributed by atoms with E-state index in [1.165, 1.54) is 7.11 Å². The average molecular weight is 258 g/mol. The quantitative estimate of drug-likeness (QED) is 0.414. The van der Waals surface area contributed by atoms with Gasteiger partial charge in [0.05, 0.1) is 33.0 Å². The van der Waals surface area contributed by atoms with Crippen molar-refractivity contribution in [3.05, 3.63) is 29.6 Å². The smallest absolute Gasteiger partial charge is 0.169 e. The second-order valence-electron chi connectivity index (χ2n) is 3.65. The number of benzene rings is 1. The molecule has 0 saturated heterocycles. The molecule has 102 valence electrons. The second-order valence-corrected chi connectivity index (χ2v) is 3.65. The molecule has 0 aliphatic carbocycles. The van der Waals surface area contributed by atoms with E-state index in [0.717, 1.165) is 0 Å². The maximum absolute atomic E-state index is 14.0. The van der Waals surface area contributed by atoms with E-state index in [1.807, 2.05) is 0 Å². The molecule has 0 spiro atoms. The largest absolute Gasteiger partial charge is 0.494 e. The van der Waals surface area contributed by atoms with E-state index < -0.39 is 11.9 Å². The summed E-state index contributed by atoms with van der Waals surface area (Å²) in [7, 11) is 3.01. The van der Waals surface area contributed by atoms with Gasteiger partial charge >= 0.3 is 0 Å². The van der Waals surface area contributed by atoms with Crippen LogP contribution in [-0.4, -0.2) is 34.0 Å². The van der Waals surface area contributed by atoms with E-state index in [2.05, 4.69) is 5.43 Å². The predicted octanol–water partition coefficient (Wildman–Crippen LogP) is 1.00. The second kappa shape index (κ2) is 7.99. The summed E-state index contributed by atoms with van der Waals surface area (Å²) in [6.45, 7) is 1.17. The molecular formula is C12H19FN2O3. The molecular weight excluding hydrogens is 239 g/mol. The minimum atomic E-state index is -0.433. The molecule has 0 aliphatic heterocycles. The molecule has 0 amide bonds. The van der Waals surface area contributed by atoms with E-state index in [0.29, 0.717) is 18.8 Å². The highest BCUT2D eigenvalue weighted by Gasteiger charge is 2.17. The fourth-order valence-corrected chi connectivity index (χ4v) is 1.53. The molecule has 0 saturated carbocycles. The minimum absolute atomic E-state index is 0.185. The molecule has 0 radical (unpaired) electrons. The summed E-state index contributed by atoms with van der Waals surface area (Å²) in [5, 5.41) is 0. The minimum Gasteiger partial charge on any atom is -0.494 e. The Balaban J connectivity index is 2.69. The summed E-state index contributed by atoms with van der Waals surface area (Å²) in [5.74, 6) is 5.16. The summed E-state index contributed by atoms with van der Waals surface area (Å²) in [5.41, 5.74) is 2.94. The van der Waals surface area contributed by atoms with E-state index in [-0.39, 0.29) is 12.4 Å². The van der Waals surface area contributed by atoms with Crippen molar-refractivity contribution in [1.82, 2.24) is 5.43 Å². The van der Waals surface area contributed by atoms with E-state index >= 15 is 0 Å². The zero-order valence-electron chi connectivity index (χ0n) is 10.6. The van der Waals surface area contributed by atoms with Crippen molar-refractivity contribution >= 4 is 0 Å². The summed E-state index contributed by atoms with van der Waals surface area (Å²) in [6, 6.07) is 4.47. The topological polar surface area (TPSA) is 65.7 Å². The first-order valence-electron chi connectivity index (χ1n) is 5.59. The first-order valence-corrected chi connectivity index (χ1v) is 5.59. The first-order chi connectivity index (χ1) is 8.74. The number of nitrogens with two attached hydrogens (primary N) is 1. The molecule has 0 heterocycles. The maximum Gasteiger partial charge on any atom is 0.169 e. The van der Waals surface area contributed by atoms with Gasteiger partial charge in [-0.2, -0.15) is 0 Å². The van der Waals surface area contributed by atoms with Gasteiger partial charge in [0.2, 0.25) is 0 Å². The van der Waals surface area contributed by atoms with Crippen LogP contribution in [0, 0.1) is 5.82 Å². The van der Waals surface area contributed by atoms with Crippen LogP contribution in [-0.2, 0) is 9.47 Å². The lowest BCUT2D eigenvalue weighted by Crippen LogP contribution is -2.32. The molecule has 0 fully saturated rings. The third-order valence-corrected chi connectivity index (χ3v) is 2.51. The SMILES string of the molecule is COCCOCC(NN)c1cccc(OC)c1F. The van der Waals surface area contributed by atoms with Gasteiger partial charge in [-0.1, -0.05) is 12.1 Å². The third-order valence-electron chi connectivity index (χ3n) is 2.51. The number of ether oxygens (including phenoxy) is 3. The number of halogens is 1. The fraction of sp³-hybridized carbons (Fsp3) is 0.500. The van der Waals surface area contributed by atoms with Crippen LogP contribution in [0.25, 0.3) is 0 Å². The standard InChI is InChI=1S/C12H19FN2O3/c1-16-6-7-18-8-10(15-14)9-4-3-5-11(17-2)12(9)13/h3-5,10,15H,6-8,14H2,1-2H3. The van der Waals surface area contributed by atoms with Crippen molar-refractivity contribution in [2.75, 3.05) is 34.0 Å². The van der Waals surface area contributed by atoms with Gasteiger partial charge in [-0.15, -0.1) is 0 Å². The molecule has 18 heavy (non-hydrogen) atoms. The molecule has 6 heteroatoms. The molecule has 1 unspecified atom stereocenters. The number of nitrogens with one attached hydrogen (secondary N) is 1. The Hall–Kier alpha value is -1.21.